The summed E-state index contributed by atoms with van der Waals surface area (Å²) in [5.74, 6) is 1.66. The molecule has 0 bridgehead atoms. The summed E-state index contributed by atoms with van der Waals surface area (Å²) in [4.78, 5) is 0. The summed E-state index contributed by atoms with van der Waals surface area (Å²) >= 11 is 3.39. The van der Waals surface area contributed by atoms with Crippen LogP contribution in [0.1, 0.15) is 24.1 Å². The van der Waals surface area contributed by atoms with Crippen molar-refractivity contribution in [2.45, 2.75) is 19.9 Å². The second-order valence-electron chi connectivity index (χ2n) is 4.98. The zero-order valence-corrected chi connectivity index (χ0v) is 13.9. The second-order valence-corrected chi connectivity index (χ2v) is 5.90. The van der Waals surface area contributed by atoms with E-state index >= 15 is 0 Å². The first kappa shape index (κ1) is 15.9. The number of benzene rings is 2. The first-order chi connectivity index (χ1) is 10.1. The highest BCUT2D eigenvalue weighted by Gasteiger charge is 2.08. The maximum absolute atomic E-state index is 5.98. The molecule has 0 saturated heterocycles. The first-order valence-electron chi connectivity index (χ1n) is 6.93. The first-order valence-corrected chi connectivity index (χ1v) is 7.73. The fourth-order valence-corrected chi connectivity index (χ4v) is 2.26. The highest BCUT2D eigenvalue weighted by atomic mass is 79.9. The summed E-state index contributed by atoms with van der Waals surface area (Å²) in [6.45, 7) is 4.99. The maximum atomic E-state index is 5.98. The fraction of sp³-hybridized carbons (Fsp3) is 0.294. The predicted molar refractivity (Wildman–Crippen MR) is 88.9 cm³/mol. The highest BCUT2D eigenvalue weighted by Crippen LogP contribution is 2.25. The van der Waals surface area contributed by atoms with Crippen molar-refractivity contribution in [2.75, 3.05) is 13.2 Å². The lowest BCUT2D eigenvalue weighted by atomic mass is 10.1. The van der Waals surface area contributed by atoms with Crippen LogP contribution >= 0.6 is 15.9 Å². The molecule has 2 rings (SSSR count). The minimum absolute atomic E-state index is 0.0488. The minimum Gasteiger partial charge on any atom is -0.490 e. The van der Waals surface area contributed by atoms with Crippen molar-refractivity contribution in [3.8, 4) is 11.5 Å². The van der Waals surface area contributed by atoms with Gasteiger partial charge in [0.05, 0.1) is 0 Å². The van der Waals surface area contributed by atoms with E-state index in [1.807, 2.05) is 50.2 Å². The molecule has 0 aliphatic carbocycles. The predicted octanol–water partition coefficient (Wildman–Crippen LogP) is 4.24. The van der Waals surface area contributed by atoms with Crippen LogP contribution in [0, 0.1) is 6.92 Å². The number of ether oxygens (including phenoxy) is 2. The Bertz CT molecular complexity index is 582. The Balaban J connectivity index is 1.87. The topological polar surface area (TPSA) is 44.5 Å². The molecule has 0 aliphatic rings. The molecule has 4 heteroatoms. The van der Waals surface area contributed by atoms with Gasteiger partial charge in [-0.15, -0.1) is 0 Å². The van der Waals surface area contributed by atoms with Crippen LogP contribution in [0.5, 0.6) is 11.5 Å². The molecule has 0 aliphatic heterocycles. The van der Waals surface area contributed by atoms with E-state index in [2.05, 4.69) is 22.0 Å². The normalized spacial score (nSPS) is 12.0. The monoisotopic (exact) mass is 349 g/mol. The number of halogens is 1. The highest BCUT2D eigenvalue weighted by molar-refractivity contribution is 9.10. The Morgan fingerprint density at radius 2 is 1.71 bits per heavy atom. The largest absolute Gasteiger partial charge is 0.490 e. The molecule has 0 radical (unpaired) electrons. The fourth-order valence-electron chi connectivity index (χ4n) is 2.00. The van der Waals surface area contributed by atoms with Gasteiger partial charge in [0, 0.05) is 16.1 Å². The Labute approximate surface area is 134 Å². The Kier molecular flexibility index (Phi) is 5.65. The molecule has 2 aromatic carbocycles. The summed E-state index contributed by atoms with van der Waals surface area (Å²) in [5.41, 5.74) is 8.18. The molecule has 2 N–H and O–H groups in total. The average molecular weight is 350 g/mol. The van der Waals surface area contributed by atoms with Gasteiger partial charge < -0.3 is 15.2 Å². The Morgan fingerprint density at radius 1 is 1.05 bits per heavy atom. The van der Waals surface area contributed by atoms with Gasteiger partial charge in [-0.05, 0) is 44.2 Å². The van der Waals surface area contributed by atoms with Gasteiger partial charge in [-0.3, -0.25) is 0 Å². The number of rotatable bonds is 6. The van der Waals surface area contributed by atoms with Gasteiger partial charge in [-0.25, -0.2) is 0 Å². The molecular weight excluding hydrogens is 330 g/mol. The van der Waals surface area contributed by atoms with Gasteiger partial charge >= 0.3 is 0 Å². The van der Waals surface area contributed by atoms with Crippen LogP contribution in [-0.2, 0) is 0 Å². The second kappa shape index (κ2) is 7.48. The molecule has 112 valence electrons. The van der Waals surface area contributed by atoms with Crippen LogP contribution in [0.3, 0.4) is 0 Å². The third kappa shape index (κ3) is 4.76. The number of hydrogen-bond acceptors (Lipinski definition) is 3. The summed E-state index contributed by atoms with van der Waals surface area (Å²) in [6.07, 6.45) is 0. The zero-order chi connectivity index (χ0) is 15.2. The number of hydrogen-bond donors (Lipinski definition) is 1. The van der Waals surface area contributed by atoms with Crippen LogP contribution in [0.15, 0.2) is 46.9 Å². The smallest absolute Gasteiger partial charge is 0.124 e. The van der Waals surface area contributed by atoms with Crippen molar-refractivity contribution in [3.63, 3.8) is 0 Å². The van der Waals surface area contributed by atoms with Gasteiger partial charge in [-0.2, -0.15) is 0 Å². The maximum Gasteiger partial charge on any atom is 0.124 e. The third-order valence-electron chi connectivity index (χ3n) is 3.08. The lowest BCUT2D eigenvalue weighted by Crippen LogP contribution is -2.12. The van der Waals surface area contributed by atoms with E-state index < -0.39 is 0 Å². The molecule has 0 fully saturated rings. The van der Waals surface area contributed by atoms with Crippen LogP contribution in [-0.4, -0.2) is 13.2 Å². The number of aryl methyl sites for hydroxylation is 1. The van der Waals surface area contributed by atoms with Crippen molar-refractivity contribution in [2.24, 2.45) is 5.73 Å². The zero-order valence-electron chi connectivity index (χ0n) is 12.3. The van der Waals surface area contributed by atoms with Gasteiger partial charge in [0.15, 0.2) is 0 Å². The SMILES string of the molecule is Cc1ccc(OCCOc2ccc(Br)cc2)c([C@H](C)N)c1. The van der Waals surface area contributed by atoms with E-state index in [-0.39, 0.29) is 6.04 Å². The molecule has 1 atom stereocenters. The van der Waals surface area contributed by atoms with Gasteiger partial charge in [-0.1, -0.05) is 33.6 Å². The Hall–Kier alpha value is -1.52. The van der Waals surface area contributed by atoms with Crippen LogP contribution in [0.25, 0.3) is 0 Å². The van der Waals surface area contributed by atoms with Crippen molar-refractivity contribution in [1.29, 1.82) is 0 Å². The van der Waals surface area contributed by atoms with Crippen molar-refractivity contribution in [3.05, 3.63) is 58.1 Å². The number of nitrogens with two attached hydrogens (primary N) is 1. The van der Waals surface area contributed by atoms with E-state index in [9.17, 15) is 0 Å². The Morgan fingerprint density at radius 3 is 2.38 bits per heavy atom. The van der Waals surface area contributed by atoms with Crippen molar-refractivity contribution < 1.29 is 9.47 Å². The quantitative estimate of drug-likeness (QED) is 0.793. The summed E-state index contributed by atoms with van der Waals surface area (Å²) < 4.78 is 12.4. The lowest BCUT2D eigenvalue weighted by molar-refractivity contribution is 0.215. The van der Waals surface area contributed by atoms with E-state index in [1.165, 1.54) is 5.56 Å². The molecule has 21 heavy (non-hydrogen) atoms. The van der Waals surface area contributed by atoms with Gasteiger partial charge in [0.2, 0.25) is 0 Å². The van der Waals surface area contributed by atoms with E-state index in [0.29, 0.717) is 13.2 Å². The minimum atomic E-state index is -0.0488. The summed E-state index contributed by atoms with van der Waals surface area (Å²) in [7, 11) is 0. The molecule has 3 nitrogen and oxygen atoms in total. The van der Waals surface area contributed by atoms with Crippen molar-refractivity contribution >= 4 is 15.9 Å². The summed E-state index contributed by atoms with van der Waals surface area (Å²) in [5, 5.41) is 0. The molecule has 0 spiro atoms. The van der Waals surface area contributed by atoms with Gasteiger partial charge in [0.25, 0.3) is 0 Å². The van der Waals surface area contributed by atoms with Crippen LogP contribution < -0.4 is 15.2 Å². The van der Waals surface area contributed by atoms with Gasteiger partial charge in [0.1, 0.15) is 24.7 Å². The van der Waals surface area contributed by atoms with E-state index in [0.717, 1.165) is 21.5 Å². The molecule has 2 aromatic rings. The summed E-state index contributed by atoms with van der Waals surface area (Å²) in [6, 6.07) is 13.7. The molecule has 0 unspecified atom stereocenters. The van der Waals surface area contributed by atoms with Crippen molar-refractivity contribution in [1.82, 2.24) is 0 Å². The lowest BCUT2D eigenvalue weighted by Gasteiger charge is -2.15. The average Bonchev–Trinajstić information content (AvgIpc) is 2.46. The third-order valence-corrected chi connectivity index (χ3v) is 3.61. The van der Waals surface area contributed by atoms with Crippen LogP contribution in [0.2, 0.25) is 0 Å². The van der Waals surface area contributed by atoms with E-state index in [4.69, 9.17) is 15.2 Å². The molecule has 0 aromatic heterocycles. The van der Waals surface area contributed by atoms with Crippen LogP contribution in [0.4, 0.5) is 0 Å². The standard InChI is InChI=1S/C17H20BrNO2/c1-12-3-8-17(16(11-12)13(2)19)21-10-9-20-15-6-4-14(18)5-7-15/h3-8,11,13H,9-10,19H2,1-2H3/t13-/m0/s1. The molecule has 0 saturated carbocycles. The van der Waals surface area contributed by atoms with E-state index in [1.54, 1.807) is 0 Å². The molecule has 0 amide bonds. The molecule has 0 heterocycles. The molecular formula is C17H20BrNO2.